The van der Waals surface area contributed by atoms with Gasteiger partial charge in [-0.25, -0.2) is 22.6 Å². The number of halogens is 3. The molecule has 0 atom stereocenters. The van der Waals surface area contributed by atoms with Crippen molar-refractivity contribution in [1.29, 1.82) is 0 Å². The summed E-state index contributed by atoms with van der Waals surface area (Å²) in [6.45, 7) is -0.260. The van der Waals surface area contributed by atoms with Gasteiger partial charge in [-0.3, -0.25) is 9.36 Å². The summed E-state index contributed by atoms with van der Waals surface area (Å²) in [5.74, 6) is -2.07. The lowest BCUT2D eigenvalue weighted by molar-refractivity contribution is -0.119. The molecule has 4 rings (SSSR count). The molecule has 2 aromatic carbocycles. The number of carbonyl (C=O) groups excluding carboxylic acids is 1. The van der Waals surface area contributed by atoms with E-state index in [4.69, 9.17) is 0 Å². The van der Waals surface area contributed by atoms with Gasteiger partial charge in [0, 0.05) is 18.5 Å². The predicted octanol–water partition coefficient (Wildman–Crippen LogP) is 3.67. The third-order valence-corrected chi connectivity index (χ3v) is 4.86. The number of hydrogen-bond acceptors (Lipinski definition) is 3. The van der Waals surface area contributed by atoms with Crippen LogP contribution in [-0.2, 0) is 17.8 Å². The summed E-state index contributed by atoms with van der Waals surface area (Å²) in [4.78, 5) is 25.1. The summed E-state index contributed by atoms with van der Waals surface area (Å²) in [5.41, 5.74) is 0.204. The van der Waals surface area contributed by atoms with Crippen LogP contribution in [0.2, 0.25) is 0 Å². The maximum atomic E-state index is 14.2. The Hall–Kier alpha value is -3.16. The molecule has 1 aliphatic rings. The lowest BCUT2D eigenvalue weighted by Crippen LogP contribution is -2.27. The van der Waals surface area contributed by atoms with E-state index in [-0.39, 0.29) is 42.0 Å². The molecule has 0 N–H and O–H groups in total. The van der Waals surface area contributed by atoms with Gasteiger partial charge in [-0.15, -0.1) is 5.10 Å². The van der Waals surface area contributed by atoms with E-state index in [0.717, 1.165) is 29.7 Å². The molecule has 0 spiro atoms. The van der Waals surface area contributed by atoms with Gasteiger partial charge in [0.25, 0.3) is 0 Å². The van der Waals surface area contributed by atoms with Crippen LogP contribution in [0.15, 0.2) is 47.3 Å². The van der Waals surface area contributed by atoms with Crippen LogP contribution >= 0.6 is 0 Å². The van der Waals surface area contributed by atoms with Crippen LogP contribution in [0, 0.1) is 17.5 Å². The second-order valence-electron chi connectivity index (χ2n) is 7.16. The maximum absolute atomic E-state index is 14.2. The fourth-order valence-electron chi connectivity index (χ4n) is 3.26. The van der Waals surface area contributed by atoms with Crippen molar-refractivity contribution < 1.29 is 18.0 Å². The highest BCUT2D eigenvalue weighted by Crippen LogP contribution is 2.37. The number of hydrogen-bond donors (Lipinski definition) is 0. The number of nitrogens with zero attached hydrogens (tertiary/aromatic N) is 3. The predicted molar refractivity (Wildman–Crippen MR) is 99.8 cm³/mol. The van der Waals surface area contributed by atoms with E-state index < -0.39 is 17.3 Å². The van der Waals surface area contributed by atoms with Crippen molar-refractivity contribution in [2.45, 2.75) is 38.3 Å². The van der Waals surface area contributed by atoms with Gasteiger partial charge in [-0.1, -0.05) is 12.1 Å². The number of aromatic nitrogens is 3. The van der Waals surface area contributed by atoms with Crippen LogP contribution in [0.1, 0.15) is 30.9 Å². The van der Waals surface area contributed by atoms with Gasteiger partial charge in [0.2, 0.25) is 0 Å². The molecule has 29 heavy (non-hydrogen) atoms. The minimum atomic E-state index is -0.818. The number of carbonyl (C=O) groups is 1. The smallest absolute Gasteiger partial charge is 0.298 e. The van der Waals surface area contributed by atoms with Gasteiger partial charge in [-0.05, 0) is 49.1 Å². The number of rotatable bonds is 7. The Morgan fingerprint density at radius 1 is 1.07 bits per heavy atom. The molecule has 0 aliphatic heterocycles. The van der Waals surface area contributed by atoms with Gasteiger partial charge in [0.1, 0.15) is 24.0 Å². The minimum Gasteiger partial charge on any atom is -0.298 e. The fraction of sp³-hybridized carbons (Fsp3) is 0.286. The molecule has 8 heteroatoms. The van der Waals surface area contributed by atoms with Crippen LogP contribution in [-0.4, -0.2) is 20.1 Å². The molecule has 150 valence electrons. The van der Waals surface area contributed by atoms with Gasteiger partial charge in [-0.2, -0.15) is 0 Å². The maximum Gasteiger partial charge on any atom is 0.346 e. The summed E-state index contributed by atoms with van der Waals surface area (Å²) in [5, 5.41) is 4.16. The molecule has 0 radical (unpaired) electrons. The van der Waals surface area contributed by atoms with Crippen LogP contribution in [0.5, 0.6) is 0 Å². The zero-order valence-electron chi connectivity index (χ0n) is 15.4. The minimum absolute atomic E-state index is 0.0151. The topological polar surface area (TPSA) is 56.9 Å². The zero-order valence-corrected chi connectivity index (χ0v) is 15.4. The average Bonchev–Trinajstić information content (AvgIpc) is 3.45. The van der Waals surface area contributed by atoms with Crippen molar-refractivity contribution in [2.75, 3.05) is 0 Å². The fourth-order valence-corrected chi connectivity index (χ4v) is 3.26. The van der Waals surface area contributed by atoms with E-state index >= 15 is 0 Å². The molecular formula is C21H18F3N3O2. The Balaban J connectivity index is 1.56. The Bertz CT molecular complexity index is 1130. The Morgan fingerprint density at radius 3 is 2.52 bits per heavy atom. The molecule has 1 fully saturated rings. The summed E-state index contributed by atoms with van der Waals surface area (Å²) in [6.07, 6.45) is 1.98. The van der Waals surface area contributed by atoms with E-state index in [1.165, 1.54) is 22.8 Å². The second-order valence-corrected chi connectivity index (χ2v) is 7.16. The van der Waals surface area contributed by atoms with Crippen LogP contribution in [0.4, 0.5) is 13.2 Å². The summed E-state index contributed by atoms with van der Waals surface area (Å²) < 4.78 is 43.1. The van der Waals surface area contributed by atoms with Crippen LogP contribution < -0.4 is 5.69 Å². The summed E-state index contributed by atoms with van der Waals surface area (Å²) in [6, 6.07) is 8.95. The molecule has 1 heterocycles. The number of aryl methyl sites for hydroxylation is 1. The van der Waals surface area contributed by atoms with Crippen molar-refractivity contribution in [3.63, 3.8) is 0 Å². The van der Waals surface area contributed by atoms with E-state index in [9.17, 15) is 22.8 Å². The first-order valence-electron chi connectivity index (χ1n) is 9.33. The van der Waals surface area contributed by atoms with Crippen LogP contribution in [0.25, 0.3) is 11.4 Å². The number of ketones is 1. The molecule has 0 unspecified atom stereocenters. The van der Waals surface area contributed by atoms with Crippen molar-refractivity contribution in [1.82, 2.24) is 14.3 Å². The molecule has 0 saturated heterocycles. The van der Waals surface area contributed by atoms with E-state index in [1.807, 2.05) is 0 Å². The molecule has 0 bridgehead atoms. The number of benzene rings is 2. The molecule has 1 saturated carbocycles. The molecule has 5 nitrogen and oxygen atoms in total. The van der Waals surface area contributed by atoms with Gasteiger partial charge >= 0.3 is 5.69 Å². The lowest BCUT2D eigenvalue weighted by atomic mass is 10.1. The highest BCUT2D eigenvalue weighted by molar-refractivity contribution is 5.78. The lowest BCUT2D eigenvalue weighted by Gasteiger charge is -2.04. The Kier molecular flexibility index (Phi) is 5.08. The van der Waals surface area contributed by atoms with E-state index in [2.05, 4.69) is 5.10 Å². The van der Waals surface area contributed by atoms with E-state index in [1.54, 1.807) is 12.1 Å². The largest absolute Gasteiger partial charge is 0.346 e. The van der Waals surface area contributed by atoms with Gasteiger partial charge in [0.05, 0.1) is 5.56 Å². The van der Waals surface area contributed by atoms with Crippen molar-refractivity contribution >= 4 is 5.78 Å². The SMILES string of the molecule is O=C(CCc1cccc(F)c1)Cn1nc(-c2ccc(F)cc2F)n(C2CC2)c1=O. The van der Waals surface area contributed by atoms with Gasteiger partial charge in [0.15, 0.2) is 11.6 Å². The quantitative estimate of drug-likeness (QED) is 0.607. The van der Waals surface area contributed by atoms with Crippen molar-refractivity contribution in [3.8, 4) is 11.4 Å². The van der Waals surface area contributed by atoms with E-state index in [0.29, 0.717) is 12.0 Å². The third kappa shape index (κ3) is 4.16. The molecular weight excluding hydrogens is 383 g/mol. The Labute approximate surface area is 164 Å². The standard InChI is InChI=1S/C21H18F3N3O2/c22-14-3-1-2-13(10-14)4-8-17(28)12-26-21(29)27(16-6-7-16)20(25-26)18-9-5-15(23)11-19(18)24/h1-3,5,9-11,16H,4,6-8,12H2. The number of Topliss-reactive ketones (excluding diaryl/α,β-unsaturated/α-hetero) is 1. The zero-order chi connectivity index (χ0) is 20.5. The highest BCUT2D eigenvalue weighted by atomic mass is 19.1. The molecule has 0 amide bonds. The highest BCUT2D eigenvalue weighted by Gasteiger charge is 2.31. The first-order valence-corrected chi connectivity index (χ1v) is 9.33. The monoisotopic (exact) mass is 401 g/mol. The van der Waals surface area contributed by atoms with Gasteiger partial charge < -0.3 is 0 Å². The normalized spacial score (nSPS) is 13.6. The molecule has 3 aromatic rings. The molecule has 1 aliphatic carbocycles. The van der Waals surface area contributed by atoms with Crippen LogP contribution in [0.3, 0.4) is 0 Å². The molecule has 1 aromatic heterocycles. The van der Waals surface area contributed by atoms with Crippen molar-refractivity contribution in [2.24, 2.45) is 0 Å². The first kappa shape index (κ1) is 19.2. The Morgan fingerprint density at radius 2 is 1.83 bits per heavy atom. The third-order valence-electron chi connectivity index (χ3n) is 4.86. The van der Waals surface area contributed by atoms with Crippen molar-refractivity contribution in [3.05, 3.63) is 76.0 Å². The average molecular weight is 401 g/mol. The second kappa shape index (κ2) is 7.69. The summed E-state index contributed by atoms with van der Waals surface area (Å²) >= 11 is 0. The summed E-state index contributed by atoms with van der Waals surface area (Å²) in [7, 11) is 0. The first-order chi connectivity index (χ1) is 13.9.